The van der Waals surface area contributed by atoms with Gasteiger partial charge in [-0.2, -0.15) is 13.2 Å². The van der Waals surface area contributed by atoms with Crippen LogP contribution in [0.25, 0.3) is 0 Å². The quantitative estimate of drug-likeness (QED) is 0.904. The SMILES string of the molecule is COc1cccc(C(=O)NCc2ccc(C(F)(F)F)cc2)c1OC. The number of halogens is 3. The maximum absolute atomic E-state index is 12.5. The van der Waals surface area contributed by atoms with Crippen molar-refractivity contribution in [3.05, 3.63) is 59.2 Å². The Hall–Kier alpha value is -2.70. The van der Waals surface area contributed by atoms with E-state index in [4.69, 9.17) is 9.47 Å². The molecule has 24 heavy (non-hydrogen) atoms. The van der Waals surface area contributed by atoms with Gasteiger partial charge in [0, 0.05) is 6.54 Å². The summed E-state index contributed by atoms with van der Waals surface area (Å²) in [6.07, 6.45) is -4.38. The number of amides is 1. The topological polar surface area (TPSA) is 47.6 Å². The van der Waals surface area contributed by atoms with Gasteiger partial charge >= 0.3 is 6.18 Å². The third-order valence-corrected chi connectivity index (χ3v) is 3.38. The van der Waals surface area contributed by atoms with E-state index < -0.39 is 17.6 Å². The van der Waals surface area contributed by atoms with E-state index in [2.05, 4.69) is 5.32 Å². The number of benzene rings is 2. The largest absolute Gasteiger partial charge is 0.493 e. The van der Waals surface area contributed by atoms with Crippen molar-refractivity contribution in [2.24, 2.45) is 0 Å². The minimum absolute atomic E-state index is 0.0946. The monoisotopic (exact) mass is 339 g/mol. The second-order valence-corrected chi connectivity index (χ2v) is 4.92. The van der Waals surface area contributed by atoms with Crippen molar-refractivity contribution >= 4 is 5.91 Å². The predicted molar refractivity (Wildman–Crippen MR) is 82.2 cm³/mol. The maximum Gasteiger partial charge on any atom is 0.416 e. The minimum Gasteiger partial charge on any atom is -0.493 e. The van der Waals surface area contributed by atoms with Gasteiger partial charge in [0.25, 0.3) is 5.91 Å². The van der Waals surface area contributed by atoms with Gasteiger partial charge in [0.2, 0.25) is 0 Å². The number of methoxy groups -OCH3 is 2. The zero-order chi connectivity index (χ0) is 17.7. The van der Waals surface area contributed by atoms with Crippen LogP contribution in [0.1, 0.15) is 21.5 Å². The first-order valence-electron chi connectivity index (χ1n) is 7.02. The molecule has 128 valence electrons. The average Bonchev–Trinajstić information content (AvgIpc) is 2.58. The lowest BCUT2D eigenvalue weighted by molar-refractivity contribution is -0.137. The number of hydrogen-bond acceptors (Lipinski definition) is 3. The number of hydrogen-bond donors (Lipinski definition) is 1. The highest BCUT2D eigenvalue weighted by atomic mass is 19.4. The van der Waals surface area contributed by atoms with E-state index in [-0.39, 0.29) is 12.1 Å². The number of carbonyl (C=O) groups excluding carboxylic acids is 1. The molecule has 0 aliphatic rings. The van der Waals surface area contributed by atoms with Crippen molar-refractivity contribution in [3.8, 4) is 11.5 Å². The van der Waals surface area contributed by atoms with E-state index in [1.807, 2.05) is 0 Å². The summed E-state index contributed by atoms with van der Waals surface area (Å²) in [5, 5.41) is 2.64. The summed E-state index contributed by atoms with van der Waals surface area (Å²) in [7, 11) is 2.88. The number of ether oxygens (including phenoxy) is 2. The first kappa shape index (κ1) is 17.7. The van der Waals surface area contributed by atoms with Gasteiger partial charge in [-0.15, -0.1) is 0 Å². The Morgan fingerprint density at radius 2 is 1.71 bits per heavy atom. The van der Waals surface area contributed by atoms with Crippen LogP contribution in [0, 0.1) is 0 Å². The molecule has 2 rings (SSSR count). The fraction of sp³-hybridized carbons (Fsp3) is 0.235. The van der Waals surface area contributed by atoms with Crippen molar-refractivity contribution in [2.75, 3.05) is 14.2 Å². The highest BCUT2D eigenvalue weighted by Crippen LogP contribution is 2.31. The van der Waals surface area contributed by atoms with Gasteiger partial charge in [0.05, 0.1) is 25.3 Å². The molecule has 7 heteroatoms. The van der Waals surface area contributed by atoms with Crippen molar-refractivity contribution in [3.63, 3.8) is 0 Å². The summed E-state index contributed by atoms with van der Waals surface area (Å²) >= 11 is 0. The lowest BCUT2D eigenvalue weighted by Gasteiger charge is -2.13. The molecule has 1 N–H and O–H groups in total. The molecule has 0 heterocycles. The van der Waals surface area contributed by atoms with Crippen molar-refractivity contribution in [1.82, 2.24) is 5.32 Å². The second kappa shape index (κ2) is 7.25. The summed E-state index contributed by atoms with van der Waals surface area (Å²) in [6.45, 7) is 0.0946. The van der Waals surface area contributed by atoms with Gasteiger partial charge < -0.3 is 14.8 Å². The Bertz CT molecular complexity index is 712. The van der Waals surface area contributed by atoms with E-state index in [0.717, 1.165) is 12.1 Å². The van der Waals surface area contributed by atoms with E-state index in [0.29, 0.717) is 17.1 Å². The van der Waals surface area contributed by atoms with Crippen LogP contribution in [0.15, 0.2) is 42.5 Å². The molecule has 0 aliphatic carbocycles. The molecule has 0 bridgehead atoms. The highest BCUT2D eigenvalue weighted by molar-refractivity contribution is 5.97. The van der Waals surface area contributed by atoms with Crippen molar-refractivity contribution in [2.45, 2.75) is 12.7 Å². The summed E-state index contributed by atoms with van der Waals surface area (Å²) in [5.74, 6) is 0.301. The molecule has 0 saturated carbocycles. The Balaban J connectivity index is 2.09. The summed E-state index contributed by atoms with van der Waals surface area (Å²) < 4.78 is 47.8. The number of rotatable bonds is 5. The van der Waals surface area contributed by atoms with Crippen LogP contribution in [-0.4, -0.2) is 20.1 Å². The first-order valence-corrected chi connectivity index (χ1v) is 7.02. The molecule has 4 nitrogen and oxygen atoms in total. The Morgan fingerprint density at radius 3 is 2.25 bits per heavy atom. The van der Waals surface area contributed by atoms with Gasteiger partial charge in [-0.05, 0) is 29.8 Å². The summed E-state index contributed by atoms with van der Waals surface area (Å²) in [4.78, 5) is 12.3. The fourth-order valence-electron chi connectivity index (χ4n) is 2.16. The van der Waals surface area contributed by atoms with Gasteiger partial charge in [0.15, 0.2) is 11.5 Å². The summed E-state index contributed by atoms with van der Waals surface area (Å²) in [5.41, 5.74) is 0.106. The lowest BCUT2D eigenvalue weighted by atomic mass is 10.1. The molecule has 0 spiro atoms. The molecule has 0 aliphatic heterocycles. The predicted octanol–water partition coefficient (Wildman–Crippen LogP) is 3.65. The highest BCUT2D eigenvalue weighted by Gasteiger charge is 2.29. The molecular weight excluding hydrogens is 323 g/mol. The van der Waals surface area contributed by atoms with Crippen LogP contribution in [0.2, 0.25) is 0 Å². The van der Waals surface area contributed by atoms with E-state index in [1.165, 1.54) is 26.4 Å². The number of carbonyl (C=O) groups is 1. The molecular formula is C17H16F3NO3. The Morgan fingerprint density at radius 1 is 1.04 bits per heavy atom. The van der Waals surface area contributed by atoms with Crippen LogP contribution in [0.3, 0.4) is 0 Å². The lowest BCUT2D eigenvalue weighted by Crippen LogP contribution is -2.23. The van der Waals surface area contributed by atoms with Crippen LogP contribution in [0.4, 0.5) is 13.2 Å². The van der Waals surface area contributed by atoms with Crippen LogP contribution in [-0.2, 0) is 12.7 Å². The van der Waals surface area contributed by atoms with Crippen LogP contribution in [0.5, 0.6) is 11.5 Å². The standard InChI is InChI=1S/C17H16F3NO3/c1-23-14-5-3-4-13(15(14)24-2)16(22)21-10-11-6-8-12(9-7-11)17(18,19)20/h3-9H,10H2,1-2H3,(H,21,22). The molecule has 0 radical (unpaired) electrons. The maximum atomic E-state index is 12.5. The van der Waals surface area contributed by atoms with Crippen molar-refractivity contribution < 1.29 is 27.4 Å². The Kier molecular flexibility index (Phi) is 5.33. The second-order valence-electron chi connectivity index (χ2n) is 4.92. The smallest absolute Gasteiger partial charge is 0.416 e. The van der Waals surface area contributed by atoms with Gasteiger partial charge in [-0.25, -0.2) is 0 Å². The fourth-order valence-corrected chi connectivity index (χ4v) is 2.16. The minimum atomic E-state index is -4.38. The van der Waals surface area contributed by atoms with E-state index >= 15 is 0 Å². The van der Waals surface area contributed by atoms with Gasteiger partial charge in [0.1, 0.15) is 0 Å². The molecule has 2 aromatic rings. The molecule has 0 saturated heterocycles. The van der Waals surface area contributed by atoms with Gasteiger partial charge in [-0.3, -0.25) is 4.79 Å². The van der Waals surface area contributed by atoms with Crippen molar-refractivity contribution in [1.29, 1.82) is 0 Å². The third kappa shape index (κ3) is 3.98. The first-order chi connectivity index (χ1) is 11.4. The number of alkyl halides is 3. The molecule has 0 aromatic heterocycles. The zero-order valence-electron chi connectivity index (χ0n) is 13.1. The number of nitrogens with one attached hydrogen (secondary N) is 1. The van der Waals surface area contributed by atoms with Crippen LogP contribution < -0.4 is 14.8 Å². The van der Waals surface area contributed by atoms with E-state index in [1.54, 1.807) is 18.2 Å². The normalized spacial score (nSPS) is 11.0. The van der Waals surface area contributed by atoms with Gasteiger partial charge in [-0.1, -0.05) is 18.2 Å². The number of para-hydroxylation sites is 1. The molecule has 1 amide bonds. The third-order valence-electron chi connectivity index (χ3n) is 3.38. The zero-order valence-corrected chi connectivity index (χ0v) is 13.1. The van der Waals surface area contributed by atoms with Crippen LogP contribution >= 0.6 is 0 Å². The van der Waals surface area contributed by atoms with E-state index in [9.17, 15) is 18.0 Å². The molecule has 2 aromatic carbocycles. The molecule has 0 unspecified atom stereocenters. The molecule has 0 fully saturated rings. The Labute approximate surface area is 137 Å². The average molecular weight is 339 g/mol. The summed E-state index contributed by atoms with van der Waals surface area (Å²) in [6, 6.07) is 9.49. The molecule has 0 atom stereocenters.